The van der Waals surface area contributed by atoms with E-state index >= 15 is 0 Å². The first-order chi connectivity index (χ1) is 14.1. The number of halogens is 1. The lowest BCUT2D eigenvalue weighted by molar-refractivity contribution is -0.114. The van der Waals surface area contributed by atoms with Crippen LogP contribution in [0.3, 0.4) is 0 Å². The number of pyridine rings is 1. The lowest BCUT2D eigenvalue weighted by Crippen LogP contribution is -2.37. The molecule has 1 aromatic heterocycles. The molecule has 2 amide bonds. The molecule has 6 nitrogen and oxygen atoms in total. The van der Waals surface area contributed by atoms with Crippen LogP contribution in [0.2, 0.25) is 5.02 Å². The fourth-order valence-electron chi connectivity index (χ4n) is 3.22. The molecule has 146 valence electrons. The van der Waals surface area contributed by atoms with Gasteiger partial charge in [-0.25, -0.2) is 4.98 Å². The quantitative estimate of drug-likeness (QED) is 0.681. The summed E-state index contributed by atoms with van der Waals surface area (Å²) in [6.07, 6.45) is 2.33. The van der Waals surface area contributed by atoms with E-state index in [-0.39, 0.29) is 29.8 Å². The fourth-order valence-corrected chi connectivity index (χ4v) is 3.39. The molecule has 0 fully saturated rings. The topological polar surface area (TPSA) is 71.5 Å². The molecule has 0 saturated heterocycles. The second kappa shape index (κ2) is 7.93. The molecule has 0 saturated carbocycles. The predicted molar refractivity (Wildman–Crippen MR) is 112 cm³/mol. The summed E-state index contributed by atoms with van der Waals surface area (Å²) in [5, 5.41) is 3.33. The van der Waals surface area contributed by atoms with E-state index in [2.05, 4.69) is 10.3 Å². The normalized spacial score (nSPS) is 12.5. The van der Waals surface area contributed by atoms with Crippen LogP contribution in [0, 0.1) is 0 Å². The average molecular weight is 408 g/mol. The van der Waals surface area contributed by atoms with E-state index in [9.17, 15) is 9.59 Å². The van der Waals surface area contributed by atoms with Crippen molar-refractivity contribution in [3.8, 4) is 11.6 Å². The third-order valence-corrected chi connectivity index (χ3v) is 4.87. The van der Waals surface area contributed by atoms with E-state index in [1.807, 2.05) is 31.2 Å². The summed E-state index contributed by atoms with van der Waals surface area (Å²) < 4.78 is 5.83. The maximum atomic E-state index is 13.2. The van der Waals surface area contributed by atoms with Crippen LogP contribution in [0.15, 0.2) is 60.8 Å². The minimum atomic E-state index is -0.381. The number of nitrogens with one attached hydrogen (secondary N) is 1. The second-order valence-electron chi connectivity index (χ2n) is 6.52. The van der Waals surface area contributed by atoms with E-state index < -0.39 is 0 Å². The number of anilines is 2. The summed E-state index contributed by atoms with van der Waals surface area (Å²) in [5.74, 6) is -0.104. The first-order valence-corrected chi connectivity index (χ1v) is 9.56. The molecule has 7 heteroatoms. The Morgan fingerprint density at radius 3 is 2.83 bits per heavy atom. The minimum Gasteiger partial charge on any atom is -0.436 e. The molecule has 0 atom stereocenters. The SMILES string of the molecule is CCc1ccccc1NC(=O)CN1C(=O)c2cccnc2Oc2ccc(Cl)cc21. The van der Waals surface area contributed by atoms with Crippen molar-refractivity contribution in [1.29, 1.82) is 0 Å². The third kappa shape index (κ3) is 3.79. The van der Waals surface area contributed by atoms with Crippen LogP contribution in [0.1, 0.15) is 22.8 Å². The number of amides is 2. The predicted octanol–water partition coefficient (Wildman–Crippen LogP) is 4.69. The van der Waals surface area contributed by atoms with Crippen molar-refractivity contribution in [3.63, 3.8) is 0 Å². The second-order valence-corrected chi connectivity index (χ2v) is 6.96. The molecule has 1 N–H and O–H groups in total. The Hall–Kier alpha value is -3.38. The smallest absolute Gasteiger partial charge is 0.264 e. The summed E-state index contributed by atoms with van der Waals surface area (Å²) >= 11 is 6.15. The molecule has 29 heavy (non-hydrogen) atoms. The van der Waals surface area contributed by atoms with Crippen LogP contribution in [-0.4, -0.2) is 23.3 Å². The van der Waals surface area contributed by atoms with Gasteiger partial charge < -0.3 is 10.1 Å². The Bertz CT molecular complexity index is 1100. The summed E-state index contributed by atoms with van der Waals surface area (Å²) in [4.78, 5) is 31.5. The molecule has 1 aliphatic rings. The molecule has 0 bridgehead atoms. The Morgan fingerprint density at radius 2 is 2.00 bits per heavy atom. The summed E-state index contributed by atoms with van der Waals surface area (Å²) in [6, 6.07) is 15.8. The van der Waals surface area contributed by atoms with Gasteiger partial charge in [-0.2, -0.15) is 0 Å². The van der Waals surface area contributed by atoms with Crippen molar-refractivity contribution < 1.29 is 14.3 Å². The van der Waals surface area contributed by atoms with Gasteiger partial charge in [-0.05, 0) is 48.4 Å². The molecule has 4 rings (SSSR count). The van der Waals surface area contributed by atoms with Gasteiger partial charge in [-0.3, -0.25) is 14.5 Å². The summed E-state index contributed by atoms with van der Waals surface area (Å²) in [7, 11) is 0. The number of aromatic nitrogens is 1. The van der Waals surface area contributed by atoms with E-state index in [0.717, 1.165) is 17.7 Å². The number of rotatable bonds is 4. The van der Waals surface area contributed by atoms with Gasteiger partial charge in [-0.1, -0.05) is 36.7 Å². The van der Waals surface area contributed by atoms with Gasteiger partial charge in [-0.15, -0.1) is 0 Å². The van der Waals surface area contributed by atoms with Crippen LogP contribution >= 0.6 is 11.6 Å². The highest BCUT2D eigenvalue weighted by molar-refractivity contribution is 6.31. The molecular formula is C22H18ClN3O3. The molecule has 2 aromatic carbocycles. The zero-order valence-electron chi connectivity index (χ0n) is 15.7. The number of carbonyl (C=O) groups is 2. The molecule has 1 aliphatic heterocycles. The van der Waals surface area contributed by atoms with Gasteiger partial charge in [0.1, 0.15) is 12.1 Å². The van der Waals surface area contributed by atoms with E-state index in [4.69, 9.17) is 16.3 Å². The van der Waals surface area contributed by atoms with Gasteiger partial charge in [0.05, 0.1) is 5.69 Å². The standard InChI is InChI=1S/C22H18ClN3O3/c1-2-14-6-3-4-8-17(14)25-20(27)13-26-18-12-15(23)9-10-19(18)29-21-16(22(26)28)7-5-11-24-21/h3-12H,2,13H2,1H3,(H,25,27). The number of benzene rings is 2. The number of fused-ring (bicyclic) bond motifs is 2. The summed E-state index contributed by atoms with van der Waals surface area (Å²) in [6.45, 7) is 1.82. The Labute approximate surface area is 173 Å². The highest BCUT2D eigenvalue weighted by atomic mass is 35.5. The number of hydrogen-bond acceptors (Lipinski definition) is 4. The van der Waals surface area contributed by atoms with Crippen molar-refractivity contribution in [2.24, 2.45) is 0 Å². The van der Waals surface area contributed by atoms with Crippen LogP contribution in [0.4, 0.5) is 11.4 Å². The average Bonchev–Trinajstić information content (AvgIpc) is 2.84. The third-order valence-electron chi connectivity index (χ3n) is 4.64. The minimum absolute atomic E-state index is 0.193. The number of ether oxygens (including phenoxy) is 1. The number of aryl methyl sites for hydroxylation is 1. The Morgan fingerprint density at radius 1 is 1.17 bits per heavy atom. The number of nitrogens with zero attached hydrogens (tertiary/aromatic N) is 2. The molecule has 3 aromatic rings. The molecule has 0 radical (unpaired) electrons. The van der Waals surface area contributed by atoms with Crippen molar-refractivity contribution in [2.75, 3.05) is 16.8 Å². The number of para-hydroxylation sites is 1. The van der Waals surface area contributed by atoms with Crippen molar-refractivity contribution >= 4 is 34.8 Å². The van der Waals surface area contributed by atoms with Crippen LogP contribution in [0.25, 0.3) is 0 Å². The molecule has 0 spiro atoms. The monoisotopic (exact) mass is 407 g/mol. The number of carbonyl (C=O) groups excluding carboxylic acids is 2. The molecule has 0 unspecified atom stereocenters. The maximum Gasteiger partial charge on any atom is 0.264 e. The molecule has 0 aliphatic carbocycles. The van der Waals surface area contributed by atoms with Gasteiger partial charge >= 0.3 is 0 Å². The van der Waals surface area contributed by atoms with Gasteiger partial charge in [0.25, 0.3) is 5.91 Å². The Kier molecular flexibility index (Phi) is 5.18. The maximum absolute atomic E-state index is 13.2. The van der Waals surface area contributed by atoms with Crippen molar-refractivity contribution in [2.45, 2.75) is 13.3 Å². The van der Waals surface area contributed by atoms with Crippen molar-refractivity contribution in [1.82, 2.24) is 4.98 Å². The van der Waals surface area contributed by atoms with Gasteiger partial charge in [0.15, 0.2) is 5.75 Å². The Balaban J connectivity index is 1.69. The fraction of sp³-hybridized carbons (Fsp3) is 0.136. The zero-order chi connectivity index (χ0) is 20.4. The van der Waals surface area contributed by atoms with Gasteiger partial charge in [0.2, 0.25) is 11.8 Å². The lowest BCUT2D eigenvalue weighted by Gasteiger charge is -2.22. The first-order valence-electron chi connectivity index (χ1n) is 9.19. The largest absolute Gasteiger partial charge is 0.436 e. The van der Waals surface area contributed by atoms with E-state index in [1.165, 1.54) is 4.90 Å². The van der Waals surface area contributed by atoms with Gasteiger partial charge in [0, 0.05) is 16.9 Å². The highest BCUT2D eigenvalue weighted by Gasteiger charge is 2.30. The van der Waals surface area contributed by atoms with Crippen molar-refractivity contribution in [3.05, 3.63) is 76.9 Å². The molecular weight excluding hydrogens is 390 g/mol. The van der Waals surface area contributed by atoms with E-state index in [0.29, 0.717) is 16.5 Å². The van der Waals surface area contributed by atoms with E-state index in [1.54, 1.807) is 36.5 Å². The highest BCUT2D eigenvalue weighted by Crippen LogP contribution is 2.39. The van der Waals surface area contributed by atoms with Crippen LogP contribution < -0.4 is 15.0 Å². The number of hydrogen-bond donors (Lipinski definition) is 1. The summed E-state index contributed by atoms with van der Waals surface area (Å²) in [5.41, 5.74) is 2.44. The lowest BCUT2D eigenvalue weighted by atomic mass is 10.1. The first kappa shape index (κ1) is 19.0. The zero-order valence-corrected chi connectivity index (χ0v) is 16.4. The van der Waals surface area contributed by atoms with Crippen LogP contribution in [-0.2, 0) is 11.2 Å². The van der Waals surface area contributed by atoms with Crippen LogP contribution in [0.5, 0.6) is 11.6 Å². The molecule has 2 heterocycles.